The highest BCUT2D eigenvalue weighted by atomic mass is 16.4. The van der Waals surface area contributed by atoms with E-state index in [1.165, 1.54) is 6.07 Å². The summed E-state index contributed by atoms with van der Waals surface area (Å²) in [7, 11) is 0. The highest BCUT2D eigenvalue weighted by Crippen LogP contribution is 2.29. The average Bonchev–Trinajstić information content (AvgIpc) is 2.47. The predicted octanol–water partition coefficient (Wildman–Crippen LogP) is 3.91. The van der Waals surface area contributed by atoms with Gasteiger partial charge in [0.2, 0.25) is 0 Å². The van der Waals surface area contributed by atoms with Crippen molar-refractivity contribution in [3.8, 4) is 11.3 Å². The van der Waals surface area contributed by atoms with Crippen LogP contribution in [0.25, 0.3) is 22.0 Å². The minimum Gasteiger partial charge on any atom is -0.477 e. The van der Waals surface area contributed by atoms with Crippen LogP contribution in [0.1, 0.15) is 16.1 Å². The molecule has 98 valence electrons. The van der Waals surface area contributed by atoms with E-state index < -0.39 is 5.97 Å². The molecule has 0 aliphatic carbocycles. The van der Waals surface area contributed by atoms with Crippen molar-refractivity contribution >= 4 is 16.7 Å². The van der Waals surface area contributed by atoms with Gasteiger partial charge in [-0.2, -0.15) is 0 Å². The summed E-state index contributed by atoms with van der Waals surface area (Å²) in [6.07, 6.45) is 0. The lowest BCUT2D eigenvalue weighted by Gasteiger charge is -2.09. The van der Waals surface area contributed by atoms with Gasteiger partial charge in [-0.15, -0.1) is 0 Å². The molecule has 1 aromatic heterocycles. The summed E-state index contributed by atoms with van der Waals surface area (Å²) in [5.74, 6) is -1.01. The molecule has 20 heavy (non-hydrogen) atoms. The first-order valence-electron chi connectivity index (χ1n) is 6.36. The van der Waals surface area contributed by atoms with Crippen molar-refractivity contribution in [2.45, 2.75) is 6.92 Å². The Balaban J connectivity index is 2.30. The third-order valence-electron chi connectivity index (χ3n) is 3.36. The maximum absolute atomic E-state index is 11.1. The van der Waals surface area contributed by atoms with Crippen LogP contribution in [0.3, 0.4) is 0 Å². The highest BCUT2D eigenvalue weighted by Gasteiger charge is 2.11. The number of carboxylic acid groups (broad SMARTS) is 1. The molecular weight excluding hydrogens is 250 g/mol. The topological polar surface area (TPSA) is 50.2 Å². The monoisotopic (exact) mass is 263 g/mol. The Morgan fingerprint density at radius 3 is 2.55 bits per heavy atom. The number of hydrogen-bond donors (Lipinski definition) is 1. The summed E-state index contributed by atoms with van der Waals surface area (Å²) in [5.41, 5.74) is 2.72. The Bertz CT molecular complexity index is 804. The van der Waals surface area contributed by atoms with Crippen LogP contribution >= 0.6 is 0 Å². The molecule has 3 aromatic rings. The van der Waals surface area contributed by atoms with Gasteiger partial charge in [-0.1, -0.05) is 48.5 Å². The molecule has 0 saturated carbocycles. The second-order valence-corrected chi connectivity index (χ2v) is 4.69. The van der Waals surface area contributed by atoms with Gasteiger partial charge in [0.15, 0.2) is 0 Å². The first-order valence-corrected chi connectivity index (χ1v) is 6.36. The van der Waals surface area contributed by atoms with Gasteiger partial charge >= 0.3 is 5.97 Å². The number of aromatic nitrogens is 1. The van der Waals surface area contributed by atoms with Gasteiger partial charge in [-0.3, -0.25) is 0 Å². The van der Waals surface area contributed by atoms with E-state index in [2.05, 4.69) is 4.98 Å². The molecule has 0 spiro atoms. The molecule has 3 nitrogen and oxygen atoms in total. The molecule has 0 atom stereocenters. The molecule has 0 saturated heterocycles. The van der Waals surface area contributed by atoms with Crippen LogP contribution in [0.15, 0.2) is 54.6 Å². The van der Waals surface area contributed by atoms with Crippen LogP contribution in [-0.4, -0.2) is 16.1 Å². The molecular formula is C17H13NO2. The Morgan fingerprint density at radius 2 is 1.75 bits per heavy atom. The Hall–Kier alpha value is -2.68. The molecule has 0 amide bonds. The number of carboxylic acids is 1. The van der Waals surface area contributed by atoms with Crippen molar-refractivity contribution in [2.75, 3.05) is 0 Å². The number of nitrogens with zero attached hydrogens (tertiary/aromatic N) is 1. The van der Waals surface area contributed by atoms with Gasteiger partial charge in [0, 0.05) is 5.56 Å². The Labute approximate surface area is 116 Å². The van der Waals surface area contributed by atoms with Crippen LogP contribution in [0.2, 0.25) is 0 Å². The van der Waals surface area contributed by atoms with Crippen molar-refractivity contribution in [1.29, 1.82) is 0 Å². The van der Waals surface area contributed by atoms with Crippen LogP contribution in [0.5, 0.6) is 0 Å². The van der Waals surface area contributed by atoms with E-state index in [9.17, 15) is 4.79 Å². The van der Waals surface area contributed by atoms with Crippen molar-refractivity contribution < 1.29 is 9.90 Å². The van der Waals surface area contributed by atoms with Crippen LogP contribution < -0.4 is 0 Å². The Kier molecular flexibility index (Phi) is 2.95. The van der Waals surface area contributed by atoms with Crippen molar-refractivity contribution in [3.05, 3.63) is 65.9 Å². The summed E-state index contributed by atoms with van der Waals surface area (Å²) in [5, 5.41) is 11.3. The summed E-state index contributed by atoms with van der Waals surface area (Å²) >= 11 is 0. The predicted molar refractivity (Wildman–Crippen MR) is 78.9 cm³/mol. The summed E-state index contributed by atoms with van der Waals surface area (Å²) < 4.78 is 0. The fraction of sp³-hybridized carbons (Fsp3) is 0.0588. The zero-order chi connectivity index (χ0) is 14.1. The molecule has 0 bridgehead atoms. The lowest BCUT2D eigenvalue weighted by Crippen LogP contribution is -2.02. The zero-order valence-electron chi connectivity index (χ0n) is 11.0. The SMILES string of the molecule is Cc1ccc(C(=O)O)nc1-c1cccc2ccccc12. The number of aryl methyl sites for hydroxylation is 1. The van der Waals surface area contributed by atoms with E-state index in [0.29, 0.717) is 0 Å². The Morgan fingerprint density at radius 1 is 1.00 bits per heavy atom. The highest BCUT2D eigenvalue weighted by molar-refractivity contribution is 5.97. The number of benzene rings is 2. The second kappa shape index (κ2) is 4.78. The van der Waals surface area contributed by atoms with Crippen LogP contribution in [-0.2, 0) is 0 Å². The average molecular weight is 263 g/mol. The fourth-order valence-electron chi connectivity index (χ4n) is 2.35. The number of fused-ring (bicyclic) bond motifs is 1. The summed E-state index contributed by atoms with van der Waals surface area (Å²) in [4.78, 5) is 15.4. The van der Waals surface area contributed by atoms with Crippen molar-refractivity contribution in [2.24, 2.45) is 0 Å². The number of rotatable bonds is 2. The number of aromatic carboxylic acids is 1. The van der Waals surface area contributed by atoms with Crippen molar-refractivity contribution in [1.82, 2.24) is 4.98 Å². The zero-order valence-corrected chi connectivity index (χ0v) is 11.0. The molecule has 1 heterocycles. The lowest BCUT2D eigenvalue weighted by atomic mass is 9.99. The largest absolute Gasteiger partial charge is 0.477 e. The van der Waals surface area contributed by atoms with E-state index >= 15 is 0 Å². The smallest absolute Gasteiger partial charge is 0.354 e. The van der Waals surface area contributed by atoms with Gasteiger partial charge in [0.25, 0.3) is 0 Å². The van der Waals surface area contributed by atoms with E-state index in [1.807, 2.05) is 49.4 Å². The fourth-order valence-corrected chi connectivity index (χ4v) is 2.35. The minimum atomic E-state index is -1.01. The maximum Gasteiger partial charge on any atom is 0.354 e. The molecule has 0 radical (unpaired) electrons. The number of pyridine rings is 1. The first kappa shape index (κ1) is 12.4. The van der Waals surface area contributed by atoms with Crippen molar-refractivity contribution in [3.63, 3.8) is 0 Å². The van der Waals surface area contributed by atoms with E-state index in [0.717, 1.165) is 27.6 Å². The van der Waals surface area contributed by atoms with E-state index in [-0.39, 0.29) is 5.69 Å². The molecule has 2 aromatic carbocycles. The third kappa shape index (κ3) is 2.03. The molecule has 0 unspecified atom stereocenters. The molecule has 3 rings (SSSR count). The minimum absolute atomic E-state index is 0.0681. The summed E-state index contributed by atoms with van der Waals surface area (Å²) in [6, 6.07) is 17.3. The van der Waals surface area contributed by atoms with Gasteiger partial charge < -0.3 is 5.11 Å². The van der Waals surface area contributed by atoms with E-state index in [1.54, 1.807) is 6.07 Å². The maximum atomic E-state index is 11.1. The van der Waals surface area contributed by atoms with Crippen LogP contribution in [0, 0.1) is 6.92 Å². The normalized spacial score (nSPS) is 10.7. The molecule has 1 N–H and O–H groups in total. The van der Waals surface area contributed by atoms with Gasteiger partial charge in [0.05, 0.1) is 5.69 Å². The van der Waals surface area contributed by atoms with Crippen LogP contribution in [0.4, 0.5) is 0 Å². The standard InChI is InChI=1S/C17H13NO2/c1-11-9-10-15(17(19)20)18-16(11)14-8-4-6-12-5-2-3-7-13(12)14/h2-10H,1H3,(H,19,20). The molecule has 0 fully saturated rings. The molecule has 0 aliphatic heterocycles. The first-order chi connectivity index (χ1) is 9.66. The quantitative estimate of drug-likeness (QED) is 0.762. The third-order valence-corrected chi connectivity index (χ3v) is 3.36. The second-order valence-electron chi connectivity index (χ2n) is 4.69. The van der Waals surface area contributed by atoms with Gasteiger partial charge in [-0.25, -0.2) is 9.78 Å². The number of hydrogen-bond acceptors (Lipinski definition) is 2. The van der Waals surface area contributed by atoms with Gasteiger partial charge in [-0.05, 0) is 29.3 Å². The lowest BCUT2D eigenvalue weighted by molar-refractivity contribution is 0.0690. The summed E-state index contributed by atoms with van der Waals surface area (Å²) in [6.45, 7) is 1.94. The van der Waals surface area contributed by atoms with E-state index in [4.69, 9.17) is 5.11 Å². The molecule has 0 aliphatic rings. The number of carbonyl (C=O) groups is 1. The van der Waals surface area contributed by atoms with Gasteiger partial charge in [0.1, 0.15) is 5.69 Å². The molecule has 3 heteroatoms.